The van der Waals surface area contributed by atoms with Gasteiger partial charge in [-0.2, -0.15) is 0 Å². The predicted molar refractivity (Wildman–Crippen MR) is 124 cm³/mol. The number of methoxy groups -OCH3 is 2. The Kier molecular flexibility index (Phi) is 7.25. The smallest absolute Gasteiger partial charge is 0.327 e. The molecule has 0 aliphatic carbocycles. The van der Waals surface area contributed by atoms with Crippen LogP contribution in [-0.2, 0) is 22.5 Å². The van der Waals surface area contributed by atoms with Crippen LogP contribution in [0.25, 0.3) is 0 Å². The van der Waals surface area contributed by atoms with E-state index in [0.29, 0.717) is 32.4 Å². The highest BCUT2D eigenvalue weighted by molar-refractivity contribution is 6.07. The number of imide groups is 1. The Morgan fingerprint density at radius 2 is 1.64 bits per heavy atom. The number of urea groups is 1. The molecule has 0 bridgehead atoms. The van der Waals surface area contributed by atoms with Gasteiger partial charge in [-0.25, -0.2) is 4.79 Å². The van der Waals surface area contributed by atoms with Crippen molar-refractivity contribution in [3.8, 4) is 5.75 Å². The maximum absolute atomic E-state index is 13.5. The summed E-state index contributed by atoms with van der Waals surface area (Å²) < 4.78 is 10.4. The molecule has 8 nitrogen and oxygen atoms in total. The zero-order valence-electron chi connectivity index (χ0n) is 19.4. The fourth-order valence-corrected chi connectivity index (χ4v) is 4.82. The van der Waals surface area contributed by atoms with Crippen LogP contribution in [0.5, 0.6) is 5.75 Å². The Hall–Kier alpha value is -2.97. The number of carbonyl (C=O) groups is 2. The van der Waals surface area contributed by atoms with Crippen molar-refractivity contribution in [2.24, 2.45) is 0 Å². The van der Waals surface area contributed by atoms with Crippen LogP contribution < -0.4 is 4.74 Å². The molecule has 3 heterocycles. The van der Waals surface area contributed by atoms with Gasteiger partial charge in [0.25, 0.3) is 5.91 Å². The number of hydrogen-bond donors (Lipinski definition) is 0. The van der Waals surface area contributed by atoms with Crippen LogP contribution in [0.4, 0.5) is 4.79 Å². The van der Waals surface area contributed by atoms with E-state index in [4.69, 9.17) is 9.47 Å². The van der Waals surface area contributed by atoms with Gasteiger partial charge in [0.05, 0.1) is 20.3 Å². The van der Waals surface area contributed by atoms with E-state index in [-0.39, 0.29) is 18.5 Å². The number of nitrogens with zero attached hydrogens (tertiary/aromatic N) is 4. The lowest BCUT2D eigenvalue weighted by molar-refractivity contribution is -0.136. The molecule has 4 rings (SSSR count). The van der Waals surface area contributed by atoms with Gasteiger partial charge in [0.2, 0.25) is 0 Å². The van der Waals surface area contributed by atoms with Crippen LogP contribution in [0.15, 0.2) is 48.8 Å². The molecule has 1 aromatic carbocycles. The van der Waals surface area contributed by atoms with Crippen LogP contribution >= 0.6 is 0 Å². The van der Waals surface area contributed by atoms with E-state index in [2.05, 4.69) is 9.88 Å². The van der Waals surface area contributed by atoms with E-state index in [0.717, 1.165) is 30.9 Å². The lowest BCUT2D eigenvalue weighted by Crippen LogP contribution is -2.56. The number of hydrogen-bond acceptors (Lipinski definition) is 6. The average Bonchev–Trinajstić information content (AvgIpc) is 3.04. The predicted octanol–water partition coefficient (Wildman–Crippen LogP) is 2.58. The highest BCUT2D eigenvalue weighted by Crippen LogP contribution is 2.37. The van der Waals surface area contributed by atoms with Crippen molar-refractivity contribution in [1.29, 1.82) is 0 Å². The summed E-state index contributed by atoms with van der Waals surface area (Å²) in [6, 6.07) is 11.7. The summed E-state index contributed by atoms with van der Waals surface area (Å²) in [5.74, 6) is 0.720. The molecular formula is C25H32N4O4. The van der Waals surface area contributed by atoms with Crippen molar-refractivity contribution < 1.29 is 19.1 Å². The minimum Gasteiger partial charge on any atom is -0.497 e. The third kappa shape index (κ3) is 4.86. The van der Waals surface area contributed by atoms with Gasteiger partial charge in [-0.15, -0.1) is 0 Å². The van der Waals surface area contributed by atoms with Gasteiger partial charge in [-0.3, -0.25) is 19.6 Å². The number of amides is 3. The zero-order chi connectivity index (χ0) is 23.3. The minimum atomic E-state index is -0.772. The summed E-state index contributed by atoms with van der Waals surface area (Å²) in [7, 11) is 3.22. The Morgan fingerprint density at radius 3 is 2.27 bits per heavy atom. The number of pyridine rings is 1. The van der Waals surface area contributed by atoms with Crippen LogP contribution in [0.1, 0.15) is 24.0 Å². The molecule has 0 radical (unpaired) electrons. The van der Waals surface area contributed by atoms with Crippen LogP contribution in [0.3, 0.4) is 0 Å². The summed E-state index contributed by atoms with van der Waals surface area (Å²) in [6.07, 6.45) is 5.55. The molecule has 0 atom stereocenters. The lowest BCUT2D eigenvalue weighted by atomic mass is 9.85. The second-order valence-electron chi connectivity index (χ2n) is 8.65. The first kappa shape index (κ1) is 23.2. The molecule has 2 fully saturated rings. The quantitative estimate of drug-likeness (QED) is 0.545. The van der Waals surface area contributed by atoms with E-state index in [1.54, 1.807) is 26.6 Å². The number of likely N-dealkylation sites (tertiary alicyclic amines) is 1. The van der Waals surface area contributed by atoms with Crippen molar-refractivity contribution in [1.82, 2.24) is 19.7 Å². The molecule has 2 aromatic rings. The Bertz CT molecular complexity index is 943. The zero-order valence-corrected chi connectivity index (χ0v) is 19.4. The number of aromatic nitrogens is 1. The van der Waals surface area contributed by atoms with Gasteiger partial charge in [0, 0.05) is 45.7 Å². The fourth-order valence-electron chi connectivity index (χ4n) is 4.82. The standard InChI is InChI=1S/C25H32N4O4/c1-32-18-17-28-23(30)25(10-15-27(16-11-25)19-21-7-12-26-13-8-21)29(24(28)31)14-9-20-3-5-22(33-2)6-4-20/h3-8,12-13H,9-11,14-19H2,1-2H3. The molecule has 0 saturated carbocycles. The summed E-state index contributed by atoms with van der Waals surface area (Å²) in [5.41, 5.74) is 1.54. The first-order chi connectivity index (χ1) is 16.1. The Balaban J connectivity index is 1.48. The van der Waals surface area contributed by atoms with E-state index in [1.165, 1.54) is 10.5 Å². The summed E-state index contributed by atoms with van der Waals surface area (Å²) in [4.78, 5) is 36.5. The molecule has 0 N–H and O–H groups in total. The molecule has 2 aliphatic heterocycles. The molecule has 1 spiro atoms. The van der Waals surface area contributed by atoms with E-state index in [1.807, 2.05) is 41.3 Å². The highest BCUT2D eigenvalue weighted by atomic mass is 16.5. The van der Waals surface area contributed by atoms with E-state index in [9.17, 15) is 9.59 Å². The first-order valence-corrected chi connectivity index (χ1v) is 11.4. The second kappa shape index (κ2) is 10.3. The van der Waals surface area contributed by atoms with Crippen LogP contribution in [0.2, 0.25) is 0 Å². The van der Waals surface area contributed by atoms with Crippen molar-refractivity contribution in [3.63, 3.8) is 0 Å². The molecule has 176 valence electrons. The van der Waals surface area contributed by atoms with Crippen molar-refractivity contribution >= 4 is 11.9 Å². The van der Waals surface area contributed by atoms with Crippen LogP contribution in [0, 0.1) is 0 Å². The SMILES string of the molecule is COCCN1C(=O)N(CCc2ccc(OC)cc2)C2(CCN(Cc3ccncc3)CC2)C1=O. The highest BCUT2D eigenvalue weighted by Gasteiger charge is 2.57. The number of benzene rings is 1. The van der Waals surface area contributed by atoms with Gasteiger partial charge in [0.1, 0.15) is 11.3 Å². The largest absolute Gasteiger partial charge is 0.497 e. The van der Waals surface area contributed by atoms with Gasteiger partial charge in [-0.05, 0) is 54.7 Å². The van der Waals surface area contributed by atoms with Crippen LogP contribution in [-0.4, -0.2) is 84.2 Å². The van der Waals surface area contributed by atoms with Gasteiger partial charge in [-0.1, -0.05) is 12.1 Å². The topological polar surface area (TPSA) is 75.2 Å². The maximum atomic E-state index is 13.5. The van der Waals surface area contributed by atoms with E-state index >= 15 is 0 Å². The normalized spacial score (nSPS) is 18.4. The van der Waals surface area contributed by atoms with E-state index < -0.39 is 5.54 Å². The number of rotatable bonds is 9. The third-order valence-electron chi connectivity index (χ3n) is 6.76. The average molecular weight is 453 g/mol. The third-order valence-corrected chi connectivity index (χ3v) is 6.76. The molecular weight excluding hydrogens is 420 g/mol. The molecule has 0 unspecified atom stereocenters. The lowest BCUT2D eigenvalue weighted by Gasteiger charge is -2.42. The van der Waals surface area contributed by atoms with Gasteiger partial charge in [0.15, 0.2) is 0 Å². The van der Waals surface area contributed by atoms with Crippen molar-refractivity contribution in [2.45, 2.75) is 31.3 Å². The fraction of sp³-hybridized carbons (Fsp3) is 0.480. The van der Waals surface area contributed by atoms with Gasteiger partial charge >= 0.3 is 6.03 Å². The number of ether oxygens (including phenoxy) is 2. The molecule has 1 aromatic heterocycles. The summed E-state index contributed by atoms with van der Waals surface area (Å²) >= 11 is 0. The molecule has 2 aliphatic rings. The Labute approximate surface area is 195 Å². The molecule has 8 heteroatoms. The number of carbonyl (C=O) groups excluding carboxylic acids is 2. The molecule has 33 heavy (non-hydrogen) atoms. The summed E-state index contributed by atoms with van der Waals surface area (Å²) in [6.45, 7) is 3.48. The maximum Gasteiger partial charge on any atom is 0.327 e. The van der Waals surface area contributed by atoms with Crippen molar-refractivity contribution in [3.05, 3.63) is 59.9 Å². The monoisotopic (exact) mass is 452 g/mol. The Morgan fingerprint density at radius 1 is 0.939 bits per heavy atom. The first-order valence-electron chi connectivity index (χ1n) is 11.4. The minimum absolute atomic E-state index is 0.0807. The van der Waals surface area contributed by atoms with Gasteiger partial charge < -0.3 is 14.4 Å². The molecule has 3 amide bonds. The second-order valence-corrected chi connectivity index (χ2v) is 8.65. The molecule has 2 saturated heterocycles. The van der Waals surface area contributed by atoms with Crippen molar-refractivity contribution in [2.75, 3.05) is 47.0 Å². The number of piperidine rings is 1. The summed E-state index contributed by atoms with van der Waals surface area (Å²) in [5, 5.41) is 0.